The number of hydrogen-bond donors (Lipinski definition) is 0. The molecule has 4 aromatic rings. The van der Waals surface area contributed by atoms with Crippen molar-refractivity contribution in [2.24, 2.45) is 4.99 Å². The summed E-state index contributed by atoms with van der Waals surface area (Å²) in [4.78, 5) is 33.4. The van der Waals surface area contributed by atoms with Gasteiger partial charge in [-0.05, 0) is 42.1 Å². The van der Waals surface area contributed by atoms with E-state index in [-0.39, 0.29) is 12.2 Å². The first-order valence-electron chi connectivity index (χ1n) is 11.9. The van der Waals surface area contributed by atoms with E-state index in [0.29, 0.717) is 45.3 Å². The van der Waals surface area contributed by atoms with Crippen molar-refractivity contribution in [3.63, 3.8) is 0 Å². The lowest BCUT2D eigenvalue weighted by Gasteiger charge is -2.24. The van der Waals surface area contributed by atoms with Gasteiger partial charge in [-0.3, -0.25) is 9.36 Å². The number of benzene rings is 2. The zero-order chi connectivity index (χ0) is 25.4. The van der Waals surface area contributed by atoms with E-state index in [2.05, 4.69) is 0 Å². The van der Waals surface area contributed by atoms with Crippen LogP contribution >= 0.6 is 22.7 Å². The maximum atomic E-state index is 13.8. The zero-order valence-corrected chi connectivity index (χ0v) is 21.5. The van der Waals surface area contributed by atoms with Crippen LogP contribution in [0.5, 0.6) is 11.5 Å². The molecular formula is C28H22N2O5S2. The van der Waals surface area contributed by atoms with Gasteiger partial charge in [0.1, 0.15) is 19.3 Å². The number of aromatic nitrogens is 1. The van der Waals surface area contributed by atoms with Crippen LogP contribution in [0.15, 0.2) is 81.4 Å². The predicted molar refractivity (Wildman–Crippen MR) is 143 cm³/mol. The predicted octanol–water partition coefficient (Wildman–Crippen LogP) is 3.77. The van der Waals surface area contributed by atoms with Crippen LogP contribution in [0, 0.1) is 0 Å². The van der Waals surface area contributed by atoms with Crippen molar-refractivity contribution >= 4 is 40.4 Å². The van der Waals surface area contributed by atoms with Gasteiger partial charge in [-0.25, -0.2) is 9.79 Å². The molecule has 0 saturated carbocycles. The summed E-state index contributed by atoms with van der Waals surface area (Å²) in [6.45, 7) is 2.98. The lowest BCUT2D eigenvalue weighted by atomic mass is 9.97. The van der Waals surface area contributed by atoms with E-state index in [1.807, 2.05) is 72.1 Å². The highest BCUT2D eigenvalue weighted by Crippen LogP contribution is 2.37. The molecule has 0 amide bonds. The smallest absolute Gasteiger partial charge is 0.338 e. The Balaban J connectivity index is 1.58. The molecule has 0 radical (unpaired) electrons. The van der Waals surface area contributed by atoms with E-state index in [9.17, 15) is 9.59 Å². The Labute approximate surface area is 220 Å². The average molecular weight is 531 g/mol. The van der Waals surface area contributed by atoms with Gasteiger partial charge in [0.2, 0.25) is 0 Å². The Morgan fingerprint density at radius 3 is 2.68 bits per heavy atom. The molecule has 0 bridgehead atoms. The number of thiazole rings is 1. The number of fused-ring (bicyclic) bond motifs is 2. The van der Waals surface area contributed by atoms with Crippen molar-refractivity contribution in [1.82, 2.24) is 4.57 Å². The summed E-state index contributed by atoms with van der Waals surface area (Å²) in [7, 11) is 0. The van der Waals surface area contributed by atoms with Gasteiger partial charge in [0.05, 0.1) is 22.4 Å². The third-order valence-corrected chi connectivity index (χ3v) is 7.96. The first kappa shape index (κ1) is 23.4. The Morgan fingerprint density at radius 2 is 1.92 bits per heavy atom. The van der Waals surface area contributed by atoms with E-state index >= 15 is 0 Å². The number of carbonyl (C=O) groups excluding carboxylic acids is 1. The maximum absolute atomic E-state index is 13.8. The van der Waals surface area contributed by atoms with Gasteiger partial charge in [0, 0.05) is 10.4 Å². The third-order valence-electron chi connectivity index (χ3n) is 6.05. The molecule has 6 rings (SSSR count). The standard InChI is InChI=1S/C28H22N2O5S2/c1-2-33-27(32)23-24(18-7-4-3-5-8-18)29-28-30(25(23)21-9-6-14-36-21)26(31)22(37-28)16-17-10-11-19-20(15-17)35-13-12-34-19/h3-11,14-16,25H,2,12-13H2,1H3/b22-16+. The quantitative estimate of drug-likeness (QED) is 0.367. The SMILES string of the molecule is CCOC(=O)C1=C(c2ccccc2)N=c2s/c(=C/c3ccc4c(c3)OCCO4)c(=O)n2C1c1cccs1. The van der Waals surface area contributed by atoms with Crippen LogP contribution in [-0.4, -0.2) is 30.4 Å². The van der Waals surface area contributed by atoms with Gasteiger partial charge in [0.15, 0.2) is 16.3 Å². The van der Waals surface area contributed by atoms with Gasteiger partial charge in [-0.2, -0.15) is 0 Å². The fourth-order valence-electron chi connectivity index (χ4n) is 4.46. The Kier molecular flexibility index (Phi) is 6.23. The van der Waals surface area contributed by atoms with Crippen molar-refractivity contribution in [3.05, 3.63) is 107 Å². The van der Waals surface area contributed by atoms with Crippen LogP contribution in [-0.2, 0) is 9.53 Å². The zero-order valence-electron chi connectivity index (χ0n) is 19.9. The molecule has 2 aromatic heterocycles. The van der Waals surface area contributed by atoms with Crippen molar-refractivity contribution in [2.75, 3.05) is 19.8 Å². The normalized spacial score (nSPS) is 16.8. The van der Waals surface area contributed by atoms with Gasteiger partial charge in [0.25, 0.3) is 5.56 Å². The molecule has 1 unspecified atom stereocenters. The largest absolute Gasteiger partial charge is 0.486 e. The third kappa shape index (κ3) is 4.30. The van der Waals surface area contributed by atoms with E-state index < -0.39 is 12.0 Å². The molecule has 2 aliphatic rings. The lowest BCUT2D eigenvalue weighted by molar-refractivity contribution is -0.138. The van der Waals surface area contributed by atoms with Crippen molar-refractivity contribution in [3.8, 4) is 11.5 Å². The summed E-state index contributed by atoms with van der Waals surface area (Å²) in [6, 6.07) is 18.3. The fraction of sp³-hybridized carbons (Fsp3) is 0.179. The molecule has 0 N–H and O–H groups in total. The van der Waals surface area contributed by atoms with Crippen molar-refractivity contribution < 1.29 is 19.0 Å². The monoisotopic (exact) mass is 530 g/mol. The lowest BCUT2D eigenvalue weighted by Crippen LogP contribution is -2.39. The molecule has 186 valence electrons. The Bertz CT molecular complexity index is 1680. The molecule has 0 spiro atoms. The number of thiophene rings is 1. The molecule has 0 aliphatic carbocycles. The molecule has 37 heavy (non-hydrogen) atoms. The highest BCUT2D eigenvalue weighted by Gasteiger charge is 2.35. The van der Waals surface area contributed by atoms with Crippen LogP contribution < -0.4 is 24.4 Å². The van der Waals surface area contributed by atoms with Gasteiger partial charge in [-0.1, -0.05) is 53.8 Å². The van der Waals surface area contributed by atoms with E-state index in [0.717, 1.165) is 16.0 Å². The molecule has 0 fully saturated rings. The highest BCUT2D eigenvalue weighted by molar-refractivity contribution is 7.10. The second kappa shape index (κ2) is 9.84. The summed E-state index contributed by atoms with van der Waals surface area (Å²) in [6.07, 6.45) is 1.82. The molecule has 1 atom stereocenters. The molecule has 7 nitrogen and oxygen atoms in total. The molecule has 0 saturated heterocycles. The van der Waals surface area contributed by atoms with E-state index in [1.165, 1.54) is 22.7 Å². The van der Waals surface area contributed by atoms with Crippen LogP contribution in [0.25, 0.3) is 11.8 Å². The number of ether oxygens (including phenoxy) is 3. The van der Waals surface area contributed by atoms with E-state index in [1.54, 1.807) is 11.5 Å². The van der Waals surface area contributed by atoms with Gasteiger partial charge >= 0.3 is 5.97 Å². The summed E-state index contributed by atoms with van der Waals surface area (Å²) in [5, 5.41) is 1.94. The summed E-state index contributed by atoms with van der Waals surface area (Å²) in [5.74, 6) is 0.860. The van der Waals surface area contributed by atoms with Gasteiger partial charge in [-0.15, -0.1) is 11.3 Å². The Hall–Kier alpha value is -3.95. The first-order valence-corrected chi connectivity index (χ1v) is 13.5. The summed E-state index contributed by atoms with van der Waals surface area (Å²) < 4.78 is 18.9. The van der Waals surface area contributed by atoms with Crippen LogP contribution in [0.2, 0.25) is 0 Å². The van der Waals surface area contributed by atoms with Crippen molar-refractivity contribution in [1.29, 1.82) is 0 Å². The fourth-order valence-corrected chi connectivity index (χ4v) is 6.28. The molecule has 2 aromatic carbocycles. The number of nitrogens with zero attached hydrogens (tertiary/aromatic N) is 2. The second-order valence-electron chi connectivity index (χ2n) is 8.35. The average Bonchev–Trinajstić information content (AvgIpc) is 3.57. The van der Waals surface area contributed by atoms with Gasteiger partial charge < -0.3 is 14.2 Å². The Morgan fingerprint density at radius 1 is 1.11 bits per heavy atom. The molecule has 9 heteroatoms. The maximum Gasteiger partial charge on any atom is 0.338 e. The first-order chi connectivity index (χ1) is 18.1. The number of esters is 1. The molecular weight excluding hydrogens is 508 g/mol. The number of carbonyl (C=O) groups is 1. The summed E-state index contributed by atoms with van der Waals surface area (Å²) >= 11 is 2.78. The minimum Gasteiger partial charge on any atom is -0.486 e. The topological polar surface area (TPSA) is 79.1 Å². The van der Waals surface area contributed by atoms with Crippen molar-refractivity contribution in [2.45, 2.75) is 13.0 Å². The summed E-state index contributed by atoms with van der Waals surface area (Å²) in [5.41, 5.74) is 2.26. The molecule has 2 aliphatic heterocycles. The minimum absolute atomic E-state index is 0.217. The van der Waals surface area contributed by atoms with E-state index in [4.69, 9.17) is 19.2 Å². The second-order valence-corrected chi connectivity index (χ2v) is 10.3. The minimum atomic E-state index is -0.645. The highest BCUT2D eigenvalue weighted by atomic mass is 32.1. The number of rotatable bonds is 5. The molecule has 4 heterocycles. The number of hydrogen-bond acceptors (Lipinski definition) is 8. The van der Waals surface area contributed by atoms with Crippen LogP contribution in [0.1, 0.15) is 29.0 Å². The van der Waals surface area contributed by atoms with Crippen LogP contribution in [0.4, 0.5) is 0 Å². The van der Waals surface area contributed by atoms with Crippen LogP contribution in [0.3, 0.4) is 0 Å².